The molecule has 6 heteroatoms. The summed E-state index contributed by atoms with van der Waals surface area (Å²) in [5.74, 6) is 0. The van der Waals surface area contributed by atoms with E-state index in [2.05, 4.69) is 17.3 Å². The first kappa shape index (κ1) is 26.1. The minimum absolute atomic E-state index is 0.545. The molecule has 0 saturated heterocycles. The monoisotopic (exact) mass is 501 g/mol. The second-order valence-electron chi connectivity index (χ2n) is 12.8. The van der Waals surface area contributed by atoms with E-state index in [4.69, 9.17) is 0 Å². The van der Waals surface area contributed by atoms with Crippen LogP contribution in [-0.4, -0.2) is 38.2 Å². The molecule has 25 heavy (non-hydrogen) atoms. The van der Waals surface area contributed by atoms with E-state index in [0.29, 0.717) is 0 Å². The van der Waals surface area contributed by atoms with E-state index >= 15 is 8.22 Å². The van der Waals surface area contributed by atoms with Crippen molar-refractivity contribution in [3.63, 3.8) is 0 Å². The normalized spacial score (nSPS) is 16.6. The van der Waals surface area contributed by atoms with Gasteiger partial charge in [0.25, 0.3) is 0 Å². The Labute approximate surface area is 164 Å². The number of halogens is 2. The number of nitrogens with zero attached hydrogens (tertiary/aromatic N) is 1. The summed E-state index contributed by atoms with van der Waals surface area (Å²) in [5.41, 5.74) is 0. The summed E-state index contributed by atoms with van der Waals surface area (Å²) in [6, 6.07) is 0. The molecule has 0 aromatic heterocycles. The molecule has 0 aliphatic heterocycles. The molecule has 0 aliphatic rings. The van der Waals surface area contributed by atoms with Gasteiger partial charge in [0, 0.05) is 0 Å². The molecule has 0 unspecified atom stereocenters. The molecular formula is C19H45F2NSi2Sn. The Morgan fingerprint density at radius 3 is 0.760 bits per heavy atom. The molecule has 0 saturated carbocycles. The number of hydrogen-bond donors (Lipinski definition) is 0. The van der Waals surface area contributed by atoms with Gasteiger partial charge in [0.1, 0.15) is 0 Å². The van der Waals surface area contributed by atoms with Crippen LogP contribution >= 0.6 is 0 Å². The van der Waals surface area contributed by atoms with Crippen LogP contribution in [0.15, 0.2) is 0 Å². The Balaban J connectivity index is 7.27. The van der Waals surface area contributed by atoms with Crippen molar-refractivity contribution >= 4 is 35.8 Å². The van der Waals surface area contributed by atoms with Crippen LogP contribution in [0.4, 0.5) is 8.22 Å². The quantitative estimate of drug-likeness (QED) is 0.279. The molecule has 0 rings (SSSR count). The fraction of sp³-hybridized carbons (Fsp3) is 1.00. The third-order valence-corrected chi connectivity index (χ3v) is 34.4. The second-order valence-corrected chi connectivity index (χ2v) is 38.8. The van der Waals surface area contributed by atoms with Gasteiger partial charge in [-0.2, -0.15) is 0 Å². The van der Waals surface area contributed by atoms with Crippen molar-refractivity contribution in [3.8, 4) is 0 Å². The van der Waals surface area contributed by atoms with Gasteiger partial charge in [-0.25, -0.2) is 0 Å². The van der Waals surface area contributed by atoms with Gasteiger partial charge in [-0.1, -0.05) is 0 Å². The van der Waals surface area contributed by atoms with Gasteiger partial charge in [-0.15, -0.1) is 0 Å². The molecule has 0 amide bonds. The molecule has 1 nitrogen and oxygen atoms in total. The average molecular weight is 500 g/mol. The first-order valence-electron chi connectivity index (χ1n) is 9.55. The SMILES string of the molecule is CC(C)(C)[Si](F)([N]([Si](F)(C(C)(C)C)C(C)(C)C)[Sn]([CH3])([CH3])[CH3])C(C)(C)C. The van der Waals surface area contributed by atoms with E-state index in [0.717, 1.165) is 0 Å². The van der Waals surface area contributed by atoms with Crippen LogP contribution in [0.25, 0.3) is 0 Å². The van der Waals surface area contributed by atoms with Gasteiger partial charge in [0.2, 0.25) is 0 Å². The molecule has 0 aromatic carbocycles. The maximum absolute atomic E-state index is 17.4. The van der Waals surface area contributed by atoms with Gasteiger partial charge < -0.3 is 0 Å². The Bertz CT molecular complexity index is 408. The van der Waals surface area contributed by atoms with E-state index in [1.54, 1.807) is 0 Å². The zero-order valence-corrected chi connectivity index (χ0v) is 24.6. The summed E-state index contributed by atoms with van der Waals surface area (Å²) in [6.45, 7) is 23.9. The third kappa shape index (κ3) is 4.39. The van der Waals surface area contributed by atoms with Gasteiger partial charge >= 0.3 is 165 Å². The van der Waals surface area contributed by atoms with Crippen LogP contribution in [-0.2, 0) is 0 Å². The first-order valence-corrected chi connectivity index (χ1v) is 23.0. The standard InChI is InChI=1S/C16H36F2NSi2.3CH3.Sn/c1-13(2,3)20(17,14(4,5)6)19-21(18,15(7,8)9)16(10,11)12;;;;/h1-12H3;3*1H3;/q-1;;;;+1. The van der Waals surface area contributed by atoms with E-state index in [1.807, 2.05) is 83.1 Å². The molecule has 0 bridgehead atoms. The van der Waals surface area contributed by atoms with Crippen LogP contribution in [0.1, 0.15) is 83.1 Å². The first-order chi connectivity index (χ1) is 10.4. The summed E-state index contributed by atoms with van der Waals surface area (Å²) in [7, 11) is -7.32. The van der Waals surface area contributed by atoms with Gasteiger partial charge in [-0.3, -0.25) is 0 Å². The minimum atomic E-state index is -3.66. The molecule has 0 N–H and O–H groups in total. The predicted octanol–water partition coefficient (Wildman–Crippen LogP) is 8.15. The van der Waals surface area contributed by atoms with Crippen LogP contribution in [0.3, 0.4) is 0 Å². The van der Waals surface area contributed by atoms with E-state index in [-0.39, 0.29) is 0 Å². The van der Waals surface area contributed by atoms with Crippen molar-refractivity contribution < 1.29 is 8.22 Å². The molecule has 0 heterocycles. The van der Waals surface area contributed by atoms with Crippen molar-refractivity contribution in [2.75, 3.05) is 0 Å². The molecule has 0 aliphatic carbocycles. The van der Waals surface area contributed by atoms with Gasteiger partial charge in [-0.05, 0) is 0 Å². The second kappa shape index (κ2) is 6.83. The molecule has 0 radical (unpaired) electrons. The summed E-state index contributed by atoms with van der Waals surface area (Å²) in [6.07, 6.45) is 0. The molecular weight excluding hydrogens is 455 g/mol. The molecule has 0 atom stereocenters. The van der Waals surface area contributed by atoms with Crippen LogP contribution in [0.5, 0.6) is 0 Å². The summed E-state index contributed by atoms with van der Waals surface area (Å²) < 4.78 is 36.9. The molecule has 152 valence electrons. The fourth-order valence-electron chi connectivity index (χ4n) is 4.73. The van der Waals surface area contributed by atoms with Crippen molar-refractivity contribution in [1.82, 2.24) is 2.45 Å². The van der Waals surface area contributed by atoms with Crippen molar-refractivity contribution in [2.45, 2.75) is 118 Å². The Morgan fingerprint density at radius 2 is 0.680 bits per heavy atom. The fourth-order valence-corrected chi connectivity index (χ4v) is 46.8. The van der Waals surface area contributed by atoms with Gasteiger partial charge in [0.15, 0.2) is 0 Å². The third-order valence-electron chi connectivity index (χ3n) is 5.26. The zero-order chi connectivity index (χ0) is 21.1. The van der Waals surface area contributed by atoms with Crippen molar-refractivity contribution in [2.24, 2.45) is 0 Å². The maximum atomic E-state index is 17.4. The van der Waals surface area contributed by atoms with Crippen molar-refractivity contribution in [1.29, 1.82) is 0 Å². The van der Waals surface area contributed by atoms with Crippen LogP contribution in [0, 0.1) is 0 Å². The van der Waals surface area contributed by atoms with E-state index in [9.17, 15) is 0 Å². The molecule has 0 aromatic rings. The number of hydrogen-bond acceptors (Lipinski definition) is 1. The van der Waals surface area contributed by atoms with E-state index < -0.39 is 55.9 Å². The van der Waals surface area contributed by atoms with Crippen LogP contribution in [0.2, 0.25) is 35.0 Å². The Morgan fingerprint density at radius 1 is 0.520 bits per heavy atom. The summed E-state index contributed by atoms with van der Waals surface area (Å²) >= 11 is -3.17. The molecule has 0 spiro atoms. The Kier molecular flexibility index (Phi) is 7.12. The van der Waals surface area contributed by atoms with E-state index in [1.165, 1.54) is 0 Å². The zero-order valence-electron chi connectivity index (χ0n) is 19.7. The average Bonchev–Trinajstić information content (AvgIpc) is 2.20. The van der Waals surface area contributed by atoms with Gasteiger partial charge in [0.05, 0.1) is 0 Å². The summed E-state index contributed by atoms with van der Waals surface area (Å²) in [4.78, 5) is 6.60. The summed E-state index contributed by atoms with van der Waals surface area (Å²) in [5, 5.41) is -2.18. The predicted molar refractivity (Wildman–Crippen MR) is 118 cm³/mol. The van der Waals surface area contributed by atoms with Crippen LogP contribution < -0.4 is 0 Å². The van der Waals surface area contributed by atoms with Crippen molar-refractivity contribution in [3.05, 3.63) is 0 Å². The topological polar surface area (TPSA) is 3.24 Å². The molecule has 0 fully saturated rings. The number of rotatable bonds is 3. The Hall–Kier alpha value is 1.05.